The van der Waals surface area contributed by atoms with E-state index in [9.17, 15) is 4.79 Å². The van der Waals surface area contributed by atoms with Crippen molar-refractivity contribution in [1.82, 2.24) is 5.32 Å². The van der Waals surface area contributed by atoms with Crippen molar-refractivity contribution < 1.29 is 19.1 Å². The van der Waals surface area contributed by atoms with Gasteiger partial charge in [-0.3, -0.25) is 0 Å². The Balaban J connectivity index is 1.87. The molecule has 1 aliphatic rings. The molecule has 16 heavy (non-hydrogen) atoms. The van der Waals surface area contributed by atoms with E-state index in [1.165, 1.54) is 12.3 Å². The van der Waals surface area contributed by atoms with E-state index in [0.29, 0.717) is 18.3 Å². The molecule has 0 aliphatic carbocycles. The van der Waals surface area contributed by atoms with E-state index in [1.54, 1.807) is 0 Å². The second-order valence-electron chi connectivity index (χ2n) is 3.96. The summed E-state index contributed by atoms with van der Waals surface area (Å²) < 4.78 is 10.5. The summed E-state index contributed by atoms with van der Waals surface area (Å²) in [5.41, 5.74) is 0.188. The van der Waals surface area contributed by atoms with E-state index in [-0.39, 0.29) is 11.7 Å². The maximum absolute atomic E-state index is 10.6. The predicted octanol–water partition coefficient (Wildman–Crippen LogP) is 1.24. The molecule has 1 saturated heterocycles. The fourth-order valence-corrected chi connectivity index (χ4v) is 1.82. The van der Waals surface area contributed by atoms with Crippen LogP contribution < -0.4 is 5.32 Å². The van der Waals surface area contributed by atoms with E-state index in [1.807, 2.05) is 6.92 Å². The zero-order valence-corrected chi connectivity index (χ0v) is 9.10. The smallest absolute Gasteiger partial charge is 0.338 e. The average Bonchev–Trinajstić information content (AvgIpc) is 2.83. The number of carbonyl (C=O) groups is 1. The van der Waals surface area contributed by atoms with Crippen molar-refractivity contribution in [2.24, 2.45) is 0 Å². The van der Waals surface area contributed by atoms with Crippen molar-refractivity contribution in [2.45, 2.75) is 32.0 Å². The lowest BCUT2D eigenvalue weighted by Crippen LogP contribution is -2.33. The highest BCUT2D eigenvalue weighted by molar-refractivity contribution is 5.87. The molecule has 2 unspecified atom stereocenters. The minimum absolute atomic E-state index is 0.188. The van der Waals surface area contributed by atoms with Gasteiger partial charge in [-0.15, -0.1) is 0 Å². The summed E-state index contributed by atoms with van der Waals surface area (Å²) in [5.74, 6) is -0.330. The van der Waals surface area contributed by atoms with Crippen LogP contribution in [0.3, 0.4) is 0 Å². The summed E-state index contributed by atoms with van der Waals surface area (Å²) in [6.45, 7) is 3.33. The lowest BCUT2D eigenvalue weighted by molar-refractivity contribution is 0.0696. The van der Waals surface area contributed by atoms with Gasteiger partial charge in [0, 0.05) is 12.6 Å². The summed E-state index contributed by atoms with van der Waals surface area (Å²) in [5, 5.41) is 12.0. The van der Waals surface area contributed by atoms with Gasteiger partial charge in [0.2, 0.25) is 0 Å². The molecular weight excluding hydrogens is 210 g/mol. The molecule has 5 heteroatoms. The van der Waals surface area contributed by atoms with Gasteiger partial charge in [-0.1, -0.05) is 0 Å². The normalized spacial score (nSPS) is 24.8. The Hall–Kier alpha value is -1.33. The first-order valence-electron chi connectivity index (χ1n) is 5.32. The number of furan rings is 1. The molecule has 0 saturated carbocycles. The van der Waals surface area contributed by atoms with Crippen molar-refractivity contribution >= 4 is 5.97 Å². The SMILES string of the molecule is CC1OCCC1NCc1cc(C(=O)O)co1. The molecular formula is C11H15NO4. The van der Waals surface area contributed by atoms with Crippen LogP contribution in [-0.4, -0.2) is 29.8 Å². The lowest BCUT2D eigenvalue weighted by Gasteiger charge is -2.14. The second-order valence-corrected chi connectivity index (χ2v) is 3.96. The maximum Gasteiger partial charge on any atom is 0.338 e. The topological polar surface area (TPSA) is 71.7 Å². The van der Waals surface area contributed by atoms with E-state index in [4.69, 9.17) is 14.3 Å². The zero-order valence-electron chi connectivity index (χ0n) is 9.10. The molecule has 0 radical (unpaired) electrons. The third kappa shape index (κ3) is 2.43. The van der Waals surface area contributed by atoms with Crippen LogP contribution in [0.15, 0.2) is 16.7 Å². The number of hydrogen-bond acceptors (Lipinski definition) is 4. The quantitative estimate of drug-likeness (QED) is 0.806. The fraction of sp³-hybridized carbons (Fsp3) is 0.545. The van der Waals surface area contributed by atoms with Crippen molar-refractivity contribution in [2.75, 3.05) is 6.61 Å². The van der Waals surface area contributed by atoms with Crippen LogP contribution >= 0.6 is 0 Å². The minimum atomic E-state index is -0.965. The van der Waals surface area contributed by atoms with Crippen LogP contribution in [0.25, 0.3) is 0 Å². The standard InChI is InChI=1S/C11H15NO4/c1-7-10(2-3-15-7)12-5-9-4-8(6-16-9)11(13)14/h4,6-7,10,12H,2-3,5H2,1H3,(H,13,14). The van der Waals surface area contributed by atoms with Crippen LogP contribution in [0.2, 0.25) is 0 Å². The maximum atomic E-state index is 10.6. The van der Waals surface area contributed by atoms with Crippen LogP contribution in [0, 0.1) is 0 Å². The fourth-order valence-electron chi connectivity index (χ4n) is 1.82. The van der Waals surface area contributed by atoms with Gasteiger partial charge < -0.3 is 19.6 Å². The lowest BCUT2D eigenvalue weighted by atomic mass is 10.1. The molecule has 1 aliphatic heterocycles. The third-order valence-electron chi connectivity index (χ3n) is 2.82. The summed E-state index contributed by atoms with van der Waals surface area (Å²) >= 11 is 0. The molecule has 2 heterocycles. The van der Waals surface area contributed by atoms with Crippen molar-refractivity contribution in [3.05, 3.63) is 23.7 Å². The van der Waals surface area contributed by atoms with Crippen LogP contribution in [0.1, 0.15) is 29.5 Å². The third-order valence-corrected chi connectivity index (χ3v) is 2.82. The van der Waals surface area contributed by atoms with Crippen molar-refractivity contribution in [3.8, 4) is 0 Å². The number of carboxylic acids is 1. The summed E-state index contributed by atoms with van der Waals surface area (Å²) in [7, 11) is 0. The van der Waals surface area contributed by atoms with Crippen LogP contribution in [0.4, 0.5) is 0 Å². The van der Waals surface area contributed by atoms with E-state index in [0.717, 1.165) is 13.0 Å². The predicted molar refractivity (Wildman–Crippen MR) is 56.3 cm³/mol. The van der Waals surface area contributed by atoms with Gasteiger partial charge in [0.15, 0.2) is 0 Å². The number of hydrogen-bond donors (Lipinski definition) is 2. The molecule has 2 N–H and O–H groups in total. The highest BCUT2D eigenvalue weighted by Gasteiger charge is 2.23. The van der Waals surface area contributed by atoms with E-state index in [2.05, 4.69) is 5.32 Å². The molecule has 0 amide bonds. The largest absolute Gasteiger partial charge is 0.478 e. The average molecular weight is 225 g/mol. The molecule has 2 atom stereocenters. The van der Waals surface area contributed by atoms with Gasteiger partial charge in [0.1, 0.15) is 12.0 Å². The van der Waals surface area contributed by atoms with Crippen LogP contribution in [-0.2, 0) is 11.3 Å². The first-order valence-corrected chi connectivity index (χ1v) is 5.32. The molecule has 0 aromatic carbocycles. The van der Waals surface area contributed by atoms with Crippen molar-refractivity contribution in [3.63, 3.8) is 0 Å². The molecule has 5 nitrogen and oxygen atoms in total. The Morgan fingerprint density at radius 2 is 2.50 bits per heavy atom. The highest BCUT2D eigenvalue weighted by atomic mass is 16.5. The Bertz CT molecular complexity index is 374. The van der Waals surface area contributed by atoms with Gasteiger partial charge in [-0.05, 0) is 19.4 Å². The molecule has 88 valence electrons. The number of nitrogens with one attached hydrogen (secondary N) is 1. The summed E-state index contributed by atoms with van der Waals surface area (Å²) in [4.78, 5) is 10.6. The van der Waals surface area contributed by atoms with Crippen LogP contribution in [0.5, 0.6) is 0 Å². The Labute approximate surface area is 93.4 Å². The summed E-state index contributed by atoms with van der Waals surface area (Å²) in [6.07, 6.45) is 2.44. The van der Waals surface area contributed by atoms with Gasteiger partial charge >= 0.3 is 5.97 Å². The zero-order chi connectivity index (χ0) is 11.5. The minimum Gasteiger partial charge on any atom is -0.478 e. The number of rotatable bonds is 4. The molecule has 0 spiro atoms. The van der Waals surface area contributed by atoms with Gasteiger partial charge in [0.05, 0.1) is 18.2 Å². The van der Waals surface area contributed by atoms with Gasteiger partial charge in [-0.25, -0.2) is 4.79 Å². The number of carboxylic acid groups (broad SMARTS) is 1. The highest BCUT2D eigenvalue weighted by Crippen LogP contribution is 2.14. The van der Waals surface area contributed by atoms with Gasteiger partial charge in [0.25, 0.3) is 0 Å². The Morgan fingerprint density at radius 3 is 3.06 bits per heavy atom. The number of aromatic carboxylic acids is 1. The molecule has 2 rings (SSSR count). The summed E-state index contributed by atoms with van der Waals surface area (Å²) in [6, 6.07) is 1.86. The second kappa shape index (κ2) is 4.67. The van der Waals surface area contributed by atoms with Gasteiger partial charge in [-0.2, -0.15) is 0 Å². The first kappa shape index (κ1) is 11.2. The monoisotopic (exact) mass is 225 g/mol. The first-order chi connectivity index (χ1) is 7.66. The Kier molecular flexibility index (Phi) is 3.26. The van der Waals surface area contributed by atoms with E-state index < -0.39 is 5.97 Å². The van der Waals surface area contributed by atoms with E-state index >= 15 is 0 Å². The molecule has 1 aromatic heterocycles. The molecule has 1 fully saturated rings. The Morgan fingerprint density at radius 1 is 1.69 bits per heavy atom. The molecule has 0 bridgehead atoms. The number of ether oxygens (including phenoxy) is 1. The van der Waals surface area contributed by atoms with Crippen molar-refractivity contribution in [1.29, 1.82) is 0 Å². The molecule has 1 aromatic rings.